The van der Waals surface area contributed by atoms with Gasteiger partial charge < -0.3 is 5.32 Å². The summed E-state index contributed by atoms with van der Waals surface area (Å²) in [4.78, 5) is 13.9. The Morgan fingerprint density at radius 3 is 2.68 bits per heavy atom. The summed E-state index contributed by atoms with van der Waals surface area (Å²) in [6, 6.07) is 2.41. The Morgan fingerprint density at radius 2 is 2.11 bits per heavy atom. The summed E-state index contributed by atoms with van der Waals surface area (Å²) in [5, 5.41) is 13.5. The molecule has 0 radical (unpaired) electrons. The lowest BCUT2D eigenvalue weighted by molar-refractivity contribution is -0.384. The van der Waals surface area contributed by atoms with E-state index in [0.717, 1.165) is 12.3 Å². The van der Waals surface area contributed by atoms with Gasteiger partial charge in [-0.2, -0.15) is 0 Å². The van der Waals surface area contributed by atoms with Crippen LogP contribution in [0.2, 0.25) is 5.15 Å². The van der Waals surface area contributed by atoms with E-state index >= 15 is 0 Å². The van der Waals surface area contributed by atoms with Crippen LogP contribution in [-0.4, -0.2) is 37.7 Å². The van der Waals surface area contributed by atoms with Gasteiger partial charge in [0.25, 0.3) is 5.69 Å². The fourth-order valence-corrected chi connectivity index (χ4v) is 1.96. The predicted octanol–water partition coefficient (Wildman–Crippen LogP) is 0.994. The van der Waals surface area contributed by atoms with E-state index in [-0.39, 0.29) is 23.2 Å². The minimum atomic E-state index is -3.20. The molecule has 0 saturated carbocycles. The molecule has 106 valence electrons. The fourth-order valence-electron chi connectivity index (χ4n) is 1.24. The van der Waals surface area contributed by atoms with E-state index < -0.39 is 14.9 Å². The molecule has 0 amide bonds. The van der Waals surface area contributed by atoms with Gasteiger partial charge >= 0.3 is 0 Å². The van der Waals surface area contributed by atoms with Crippen LogP contribution in [-0.2, 0) is 10.0 Å². The smallest absolute Gasteiger partial charge is 0.276 e. The molecule has 1 aromatic rings. The van der Waals surface area contributed by atoms with E-state index in [1.807, 2.05) is 0 Å². The number of nitro groups is 1. The summed E-state index contributed by atoms with van der Waals surface area (Å²) in [5.41, 5.74) is -0.156. The van der Waals surface area contributed by atoms with E-state index in [9.17, 15) is 18.5 Å². The van der Waals surface area contributed by atoms with E-state index in [4.69, 9.17) is 11.6 Å². The van der Waals surface area contributed by atoms with Crippen molar-refractivity contribution in [3.8, 4) is 0 Å². The third-order valence-corrected chi connectivity index (χ3v) is 2.94. The highest BCUT2D eigenvalue weighted by Crippen LogP contribution is 2.20. The van der Waals surface area contributed by atoms with Crippen molar-refractivity contribution in [1.82, 2.24) is 9.71 Å². The molecule has 0 fully saturated rings. The molecular weight excluding hydrogens is 296 g/mol. The van der Waals surface area contributed by atoms with Crippen molar-refractivity contribution in [3.05, 3.63) is 27.4 Å². The number of hydrogen-bond acceptors (Lipinski definition) is 6. The van der Waals surface area contributed by atoms with Crippen LogP contribution in [0.3, 0.4) is 0 Å². The van der Waals surface area contributed by atoms with Crippen molar-refractivity contribution < 1.29 is 13.3 Å². The van der Waals surface area contributed by atoms with Gasteiger partial charge in [0, 0.05) is 13.1 Å². The number of hydrogen-bond donors (Lipinski definition) is 2. The predicted molar refractivity (Wildman–Crippen MR) is 71.9 cm³/mol. The third kappa shape index (κ3) is 6.32. The van der Waals surface area contributed by atoms with Crippen molar-refractivity contribution in [2.24, 2.45) is 0 Å². The van der Waals surface area contributed by atoms with Crippen LogP contribution in [0.4, 0.5) is 11.5 Å². The average Bonchev–Trinajstić information content (AvgIpc) is 2.26. The molecule has 0 aliphatic carbocycles. The van der Waals surface area contributed by atoms with E-state index in [0.29, 0.717) is 13.0 Å². The summed E-state index contributed by atoms with van der Waals surface area (Å²) < 4.78 is 23.9. The van der Waals surface area contributed by atoms with Gasteiger partial charge in [-0.3, -0.25) is 10.1 Å². The quantitative estimate of drug-likeness (QED) is 0.336. The second-order valence-electron chi connectivity index (χ2n) is 3.74. The number of sulfonamides is 1. The zero-order chi connectivity index (χ0) is 14.5. The largest absolute Gasteiger partial charge is 0.370 e. The van der Waals surface area contributed by atoms with E-state index in [2.05, 4.69) is 15.0 Å². The lowest BCUT2D eigenvalue weighted by atomic mass is 10.4. The summed E-state index contributed by atoms with van der Waals surface area (Å²) >= 11 is 5.65. The molecule has 0 atom stereocenters. The standard InChI is InChI=1S/C9H13ClN4O4S/c1-19(17,18)12-4-2-3-11-9-6-7(14(15)16)5-8(10)13-9/h5-6,12H,2-4H2,1H3,(H,11,13). The summed E-state index contributed by atoms with van der Waals surface area (Å²) in [7, 11) is -3.20. The monoisotopic (exact) mass is 308 g/mol. The lowest BCUT2D eigenvalue weighted by Gasteiger charge is -2.06. The SMILES string of the molecule is CS(=O)(=O)NCCCNc1cc([N+](=O)[O-])cc(Cl)n1. The first-order valence-electron chi connectivity index (χ1n) is 5.28. The maximum atomic E-state index is 10.8. The minimum Gasteiger partial charge on any atom is -0.370 e. The molecule has 1 heterocycles. The first kappa shape index (κ1) is 15.6. The molecule has 0 aliphatic heterocycles. The van der Waals surface area contributed by atoms with Gasteiger partial charge in [0.05, 0.1) is 23.3 Å². The van der Waals surface area contributed by atoms with Gasteiger partial charge in [-0.05, 0) is 6.42 Å². The lowest BCUT2D eigenvalue weighted by Crippen LogP contribution is -2.24. The normalized spacial score (nSPS) is 11.3. The van der Waals surface area contributed by atoms with Gasteiger partial charge in [0.15, 0.2) is 0 Å². The van der Waals surface area contributed by atoms with Gasteiger partial charge in [-0.15, -0.1) is 0 Å². The van der Waals surface area contributed by atoms with Crippen LogP contribution < -0.4 is 10.0 Å². The first-order valence-corrected chi connectivity index (χ1v) is 7.55. The van der Waals surface area contributed by atoms with Gasteiger partial charge in [0.1, 0.15) is 11.0 Å². The summed E-state index contributed by atoms with van der Waals surface area (Å²) in [6.07, 6.45) is 1.58. The van der Waals surface area contributed by atoms with Crippen LogP contribution in [0.1, 0.15) is 6.42 Å². The Kier molecular flexibility index (Phi) is 5.45. The molecule has 8 nitrogen and oxygen atoms in total. The van der Waals surface area contributed by atoms with Crippen LogP contribution in [0.5, 0.6) is 0 Å². The molecule has 1 aromatic heterocycles. The summed E-state index contributed by atoms with van der Waals surface area (Å²) in [6.45, 7) is 0.682. The highest BCUT2D eigenvalue weighted by Gasteiger charge is 2.09. The second kappa shape index (κ2) is 6.64. The molecule has 1 rings (SSSR count). The fraction of sp³-hybridized carbons (Fsp3) is 0.444. The number of aromatic nitrogens is 1. The molecule has 19 heavy (non-hydrogen) atoms. The molecule has 2 N–H and O–H groups in total. The molecule has 0 unspecified atom stereocenters. The Hall–Kier alpha value is -1.45. The van der Waals surface area contributed by atoms with Crippen LogP contribution in [0.15, 0.2) is 12.1 Å². The van der Waals surface area contributed by atoms with Gasteiger partial charge in [0.2, 0.25) is 10.0 Å². The van der Waals surface area contributed by atoms with E-state index in [1.165, 1.54) is 6.07 Å². The van der Waals surface area contributed by atoms with Crippen molar-refractivity contribution in [3.63, 3.8) is 0 Å². The Morgan fingerprint density at radius 1 is 1.42 bits per heavy atom. The average molecular weight is 309 g/mol. The number of nitrogens with zero attached hydrogens (tertiary/aromatic N) is 2. The Bertz CT molecular complexity index is 563. The van der Waals surface area contributed by atoms with Crippen molar-refractivity contribution >= 4 is 33.1 Å². The number of nitrogens with one attached hydrogen (secondary N) is 2. The molecule has 10 heteroatoms. The van der Waals surface area contributed by atoms with E-state index in [1.54, 1.807) is 0 Å². The van der Waals surface area contributed by atoms with Crippen molar-refractivity contribution in [1.29, 1.82) is 0 Å². The third-order valence-electron chi connectivity index (χ3n) is 2.01. The first-order chi connectivity index (χ1) is 8.78. The molecule has 0 saturated heterocycles. The van der Waals surface area contributed by atoms with Crippen molar-refractivity contribution in [2.75, 3.05) is 24.7 Å². The zero-order valence-electron chi connectivity index (χ0n) is 10.1. The maximum absolute atomic E-state index is 10.8. The molecule has 0 bridgehead atoms. The molecule has 0 aliphatic rings. The number of pyridine rings is 1. The zero-order valence-corrected chi connectivity index (χ0v) is 11.7. The van der Waals surface area contributed by atoms with Gasteiger partial charge in [-0.25, -0.2) is 18.1 Å². The minimum absolute atomic E-state index is 0.0194. The maximum Gasteiger partial charge on any atom is 0.276 e. The number of anilines is 1. The van der Waals surface area contributed by atoms with Crippen molar-refractivity contribution in [2.45, 2.75) is 6.42 Å². The highest BCUT2D eigenvalue weighted by molar-refractivity contribution is 7.88. The second-order valence-corrected chi connectivity index (χ2v) is 5.96. The molecule has 0 aromatic carbocycles. The van der Waals surface area contributed by atoms with Crippen LogP contribution in [0.25, 0.3) is 0 Å². The number of rotatable bonds is 7. The van der Waals surface area contributed by atoms with Crippen LogP contribution >= 0.6 is 11.6 Å². The highest BCUT2D eigenvalue weighted by atomic mass is 35.5. The summed E-state index contributed by atoms with van der Waals surface area (Å²) in [5.74, 6) is 0.276. The van der Waals surface area contributed by atoms with Crippen LogP contribution in [0, 0.1) is 10.1 Å². The van der Waals surface area contributed by atoms with Gasteiger partial charge in [-0.1, -0.05) is 11.6 Å². The number of halogens is 1. The topological polar surface area (TPSA) is 114 Å². The molecule has 0 spiro atoms. The molecular formula is C9H13ClN4O4S. The Labute approximate surface area is 115 Å². The Balaban J connectivity index is 2.47.